The van der Waals surface area contributed by atoms with E-state index in [1.54, 1.807) is 28.4 Å². The Balaban J connectivity index is 1.39. The van der Waals surface area contributed by atoms with Gasteiger partial charge in [0.05, 0.1) is 11.6 Å². The summed E-state index contributed by atoms with van der Waals surface area (Å²) in [7, 11) is 2.15. The molecular weight excluding hydrogens is 396 g/mol. The fourth-order valence-corrected chi connectivity index (χ4v) is 4.76. The zero-order valence-corrected chi connectivity index (χ0v) is 16.7. The summed E-state index contributed by atoms with van der Waals surface area (Å²) < 4.78 is 1.73. The van der Waals surface area contributed by atoms with Crippen molar-refractivity contribution in [3.8, 4) is 0 Å². The molecule has 0 spiro atoms. The Morgan fingerprint density at radius 2 is 2.18 bits per heavy atom. The highest BCUT2D eigenvalue weighted by Gasteiger charge is 2.22. The molecule has 0 aliphatic carbocycles. The minimum absolute atomic E-state index is 0.197. The lowest BCUT2D eigenvalue weighted by atomic mass is 10.1. The van der Waals surface area contributed by atoms with Gasteiger partial charge in [-0.05, 0) is 36.7 Å². The smallest absolute Gasteiger partial charge is 0.192 e. The number of oxime groups is 1. The lowest BCUT2D eigenvalue weighted by Gasteiger charge is -2.21. The molecule has 0 bridgehead atoms. The normalized spacial score (nSPS) is 14.9. The molecule has 28 heavy (non-hydrogen) atoms. The van der Waals surface area contributed by atoms with E-state index in [4.69, 9.17) is 16.4 Å². The number of likely N-dealkylation sites (N-methyl/N-ethyl adjacent to an activating group) is 1. The Bertz CT molecular complexity index is 1180. The molecule has 1 aromatic carbocycles. The number of hydrogen-bond acceptors (Lipinski definition) is 7. The monoisotopic (exact) mass is 412 g/mol. The van der Waals surface area contributed by atoms with Crippen LogP contribution in [0, 0.1) is 0 Å². The van der Waals surface area contributed by atoms with Gasteiger partial charge in [-0.25, -0.2) is 14.5 Å². The maximum Gasteiger partial charge on any atom is 0.192 e. The van der Waals surface area contributed by atoms with Gasteiger partial charge in [-0.3, -0.25) is 0 Å². The number of benzene rings is 1. The average Bonchev–Trinajstić information content (AvgIpc) is 3.26. The van der Waals surface area contributed by atoms with Gasteiger partial charge in [-0.2, -0.15) is 0 Å². The van der Waals surface area contributed by atoms with Crippen LogP contribution in [0.15, 0.2) is 35.7 Å². The van der Waals surface area contributed by atoms with E-state index in [0.29, 0.717) is 10.8 Å². The standard InChI is InChI=1S/C19H17ClN6OS/c1-25-7-6-14-15(9-25)28-19-17(14)18-23-16(24-26(18)11-21-19)10-27-22-8-12-2-4-13(20)5-3-12/h2-5,8,11H,6-7,9-10H2,1H3/b22-8-. The largest absolute Gasteiger partial charge is 0.387 e. The van der Waals surface area contributed by atoms with Crippen LogP contribution in [-0.2, 0) is 24.4 Å². The quantitative estimate of drug-likeness (QED) is 0.379. The summed E-state index contributed by atoms with van der Waals surface area (Å²) in [6.45, 7) is 2.21. The lowest BCUT2D eigenvalue weighted by Crippen LogP contribution is -2.25. The van der Waals surface area contributed by atoms with Crippen molar-refractivity contribution in [3.05, 3.63) is 57.4 Å². The summed E-state index contributed by atoms with van der Waals surface area (Å²) in [4.78, 5) is 19.4. The summed E-state index contributed by atoms with van der Waals surface area (Å²) in [5, 5.41) is 10.3. The Labute approximate surface area is 170 Å². The Morgan fingerprint density at radius 1 is 1.32 bits per heavy atom. The van der Waals surface area contributed by atoms with Gasteiger partial charge < -0.3 is 9.74 Å². The molecule has 0 atom stereocenters. The first-order valence-corrected chi connectivity index (χ1v) is 10.1. The SMILES string of the molecule is CN1CCc2c(sc3ncn4nc(CO/N=C\c5ccc(Cl)cc5)nc4c23)C1. The first-order valence-electron chi connectivity index (χ1n) is 8.91. The Morgan fingerprint density at radius 3 is 3.04 bits per heavy atom. The summed E-state index contributed by atoms with van der Waals surface area (Å²) >= 11 is 7.62. The molecule has 4 aromatic rings. The van der Waals surface area contributed by atoms with Gasteiger partial charge in [0.1, 0.15) is 11.2 Å². The van der Waals surface area contributed by atoms with Gasteiger partial charge in [0, 0.05) is 23.0 Å². The van der Waals surface area contributed by atoms with E-state index < -0.39 is 0 Å². The van der Waals surface area contributed by atoms with E-state index in [-0.39, 0.29) is 6.61 Å². The van der Waals surface area contributed by atoms with Crippen LogP contribution in [-0.4, -0.2) is 44.3 Å². The van der Waals surface area contributed by atoms with Crippen LogP contribution in [0.2, 0.25) is 5.02 Å². The lowest BCUT2D eigenvalue weighted by molar-refractivity contribution is 0.126. The maximum atomic E-state index is 5.87. The maximum absolute atomic E-state index is 5.87. The molecule has 142 valence electrons. The van der Waals surface area contributed by atoms with Crippen molar-refractivity contribution >= 4 is 45.0 Å². The second kappa shape index (κ2) is 7.12. The van der Waals surface area contributed by atoms with Crippen LogP contribution in [0.25, 0.3) is 15.9 Å². The second-order valence-corrected chi connectivity index (χ2v) is 8.29. The van der Waals surface area contributed by atoms with Crippen LogP contribution in [0.4, 0.5) is 0 Å². The molecule has 1 aliphatic heterocycles. The first kappa shape index (κ1) is 17.5. The molecule has 3 aromatic heterocycles. The molecule has 0 unspecified atom stereocenters. The van der Waals surface area contributed by atoms with Crippen molar-refractivity contribution in [1.29, 1.82) is 0 Å². The number of hydrogen-bond donors (Lipinski definition) is 0. The van der Waals surface area contributed by atoms with E-state index in [2.05, 4.69) is 32.2 Å². The fraction of sp³-hybridized carbons (Fsp3) is 0.263. The average molecular weight is 413 g/mol. The van der Waals surface area contributed by atoms with Crippen molar-refractivity contribution in [2.45, 2.75) is 19.6 Å². The summed E-state index contributed by atoms with van der Waals surface area (Å²) in [6, 6.07) is 7.37. The molecule has 9 heteroatoms. The van der Waals surface area contributed by atoms with Gasteiger partial charge in [0.25, 0.3) is 0 Å². The van der Waals surface area contributed by atoms with Crippen LogP contribution in [0.5, 0.6) is 0 Å². The molecule has 0 N–H and O–H groups in total. The van der Waals surface area contributed by atoms with Gasteiger partial charge in [0.2, 0.25) is 0 Å². The van der Waals surface area contributed by atoms with Gasteiger partial charge >= 0.3 is 0 Å². The van der Waals surface area contributed by atoms with E-state index >= 15 is 0 Å². The number of aromatic nitrogens is 4. The van der Waals surface area contributed by atoms with Crippen molar-refractivity contribution in [3.63, 3.8) is 0 Å². The predicted octanol–water partition coefficient (Wildman–Crippen LogP) is 3.53. The molecule has 5 rings (SSSR count). The van der Waals surface area contributed by atoms with Crippen molar-refractivity contribution in [1.82, 2.24) is 24.5 Å². The van der Waals surface area contributed by atoms with Crippen molar-refractivity contribution in [2.75, 3.05) is 13.6 Å². The highest BCUT2D eigenvalue weighted by Crippen LogP contribution is 2.35. The summed E-state index contributed by atoms with van der Waals surface area (Å²) in [5.74, 6) is 0.579. The molecule has 0 saturated heterocycles. The van der Waals surface area contributed by atoms with E-state index in [0.717, 1.165) is 40.9 Å². The number of thiophene rings is 1. The highest BCUT2D eigenvalue weighted by atomic mass is 35.5. The number of rotatable bonds is 4. The fourth-order valence-electron chi connectivity index (χ4n) is 3.37. The Hall–Kier alpha value is -2.55. The van der Waals surface area contributed by atoms with E-state index in [1.165, 1.54) is 10.4 Å². The Kier molecular flexibility index (Phi) is 4.46. The number of halogens is 1. The molecule has 4 heterocycles. The third-order valence-corrected chi connectivity index (χ3v) is 6.13. The van der Waals surface area contributed by atoms with Crippen LogP contribution < -0.4 is 0 Å². The van der Waals surface area contributed by atoms with Crippen molar-refractivity contribution in [2.24, 2.45) is 5.16 Å². The summed E-state index contributed by atoms with van der Waals surface area (Å²) in [5.41, 5.74) is 3.11. The number of fused-ring (bicyclic) bond motifs is 5. The van der Waals surface area contributed by atoms with Crippen LogP contribution in [0.3, 0.4) is 0 Å². The van der Waals surface area contributed by atoms with Gasteiger partial charge in [0.15, 0.2) is 18.1 Å². The summed E-state index contributed by atoms with van der Waals surface area (Å²) in [6.07, 6.45) is 4.37. The molecule has 1 aliphatic rings. The molecule has 7 nitrogen and oxygen atoms in total. The molecular formula is C19H17ClN6OS. The second-order valence-electron chi connectivity index (χ2n) is 6.77. The molecule has 0 amide bonds. The predicted molar refractivity (Wildman–Crippen MR) is 110 cm³/mol. The van der Waals surface area contributed by atoms with E-state index in [1.807, 2.05) is 24.3 Å². The minimum Gasteiger partial charge on any atom is -0.387 e. The molecule has 0 radical (unpaired) electrons. The highest BCUT2D eigenvalue weighted by molar-refractivity contribution is 7.19. The van der Waals surface area contributed by atoms with Gasteiger partial charge in [-0.15, -0.1) is 16.4 Å². The molecule has 0 saturated carbocycles. The van der Waals surface area contributed by atoms with E-state index in [9.17, 15) is 0 Å². The van der Waals surface area contributed by atoms with Gasteiger partial charge in [-0.1, -0.05) is 28.9 Å². The third kappa shape index (κ3) is 3.23. The zero-order chi connectivity index (χ0) is 19.1. The first-order chi connectivity index (χ1) is 13.7. The third-order valence-electron chi connectivity index (χ3n) is 4.75. The van der Waals surface area contributed by atoms with Crippen molar-refractivity contribution < 1.29 is 4.84 Å². The zero-order valence-electron chi connectivity index (χ0n) is 15.2. The minimum atomic E-state index is 0.197. The number of nitrogens with zero attached hydrogens (tertiary/aromatic N) is 6. The topological polar surface area (TPSA) is 67.9 Å². The van der Waals surface area contributed by atoms with Crippen LogP contribution in [0.1, 0.15) is 21.8 Å². The van der Waals surface area contributed by atoms with Crippen LogP contribution >= 0.6 is 22.9 Å². The molecule has 0 fully saturated rings.